The van der Waals surface area contributed by atoms with Crippen LogP contribution < -0.4 is 5.32 Å². The average Bonchev–Trinajstić information content (AvgIpc) is 3.04. The molecular formula is C12H16ClN3O2S. The van der Waals surface area contributed by atoms with Crippen molar-refractivity contribution in [2.24, 2.45) is 0 Å². The molecule has 0 bridgehead atoms. The Bertz CT molecular complexity index is 529. The number of hydrogen-bond acceptors (Lipinski definition) is 6. The number of rotatable bonds is 6. The quantitative estimate of drug-likeness (QED) is 0.886. The molecule has 2 atom stereocenters. The molecule has 2 aromatic rings. The van der Waals surface area contributed by atoms with Gasteiger partial charge in [0.25, 0.3) is 0 Å². The Labute approximate surface area is 120 Å². The summed E-state index contributed by atoms with van der Waals surface area (Å²) in [7, 11) is 1.61. The van der Waals surface area contributed by atoms with Gasteiger partial charge in [0.15, 0.2) is 5.82 Å². The third-order valence-electron chi connectivity index (χ3n) is 2.78. The Kier molecular flexibility index (Phi) is 4.93. The maximum absolute atomic E-state index is 5.91. The summed E-state index contributed by atoms with van der Waals surface area (Å²) in [6.45, 7) is 4.45. The molecule has 0 saturated heterocycles. The smallest absolute Gasteiger partial charge is 0.240 e. The average molecular weight is 302 g/mol. The van der Waals surface area contributed by atoms with Crippen molar-refractivity contribution < 1.29 is 9.26 Å². The molecule has 0 fully saturated rings. The lowest BCUT2D eigenvalue weighted by Crippen LogP contribution is -2.17. The summed E-state index contributed by atoms with van der Waals surface area (Å²) >= 11 is 7.47. The van der Waals surface area contributed by atoms with Crippen LogP contribution in [0.15, 0.2) is 16.7 Å². The van der Waals surface area contributed by atoms with Crippen molar-refractivity contribution in [3.8, 4) is 0 Å². The van der Waals surface area contributed by atoms with E-state index in [1.165, 1.54) is 4.88 Å². The van der Waals surface area contributed by atoms with Crippen molar-refractivity contribution in [3.05, 3.63) is 33.1 Å². The number of halogens is 1. The van der Waals surface area contributed by atoms with Crippen molar-refractivity contribution >= 4 is 22.9 Å². The van der Waals surface area contributed by atoms with Crippen LogP contribution in [0.5, 0.6) is 0 Å². The highest BCUT2D eigenvalue weighted by Crippen LogP contribution is 2.26. The normalized spacial score (nSPS) is 14.5. The number of nitrogens with one attached hydrogen (secondary N) is 1. The number of ether oxygens (including phenoxy) is 1. The predicted molar refractivity (Wildman–Crippen MR) is 74.3 cm³/mol. The molecule has 2 rings (SSSR count). The van der Waals surface area contributed by atoms with Crippen molar-refractivity contribution in [1.82, 2.24) is 15.5 Å². The van der Waals surface area contributed by atoms with Gasteiger partial charge < -0.3 is 14.6 Å². The molecule has 0 aliphatic rings. The third-order valence-corrected chi connectivity index (χ3v) is 4.20. The molecular weight excluding hydrogens is 286 g/mol. The number of hydrogen-bond donors (Lipinski definition) is 1. The van der Waals surface area contributed by atoms with Gasteiger partial charge in [0.1, 0.15) is 6.10 Å². The largest absolute Gasteiger partial charge is 0.374 e. The van der Waals surface area contributed by atoms with Crippen LogP contribution in [-0.4, -0.2) is 17.3 Å². The first-order valence-electron chi connectivity index (χ1n) is 5.94. The molecule has 19 heavy (non-hydrogen) atoms. The summed E-state index contributed by atoms with van der Waals surface area (Å²) in [5, 5.41) is 7.19. The number of aromatic nitrogens is 2. The molecule has 0 radical (unpaired) electrons. The van der Waals surface area contributed by atoms with Gasteiger partial charge in [-0.2, -0.15) is 4.98 Å². The molecule has 0 aliphatic carbocycles. The summed E-state index contributed by atoms with van der Waals surface area (Å²) in [5.74, 6) is 1.11. The van der Waals surface area contributed by atoms with Crippen LogP contribution in [0.1, 0.15) is 42.6 Å². The van der Waals surface area contributed by atoms with Crippen LogP contribution in [0.3, 0.4) is 0 Å². The molecule has 0 aromatic carbocycles. The van der Waals surface area contributed by atoms with E-state index in [2.05, 4.69) is 22.4 Å². The third kappa shape index (κ3) is 3.76. The minimum Gasteiger partial charge on any atom is -0.374 e. The van der Waals surface area contributed by atoms with Gasteiger partial charge in [0, 0.05) is 18.0 Å². The number of thiophene rings is 1. The molecule has 0 saturated carbocycles. The molecule has 5 nitrogen and oxygen atoms in total. The maximum Gasteiger partial charge on any atom is 0.240 e. The second kappa shape index (κ2) is 6.47. The minimum atomic E-state index is -0.161. The van der Waals surface area contributed by atoms with Crippen molar-refractivity contribution in [3.63, 3.8) is 0 Å². The molecule has 0 unspecified atom stereocenters. The molecule has 0 aliphatic heterocycles. The van der Waals surface area contributed by atoms with Crippen LogP contribution in [0.25, 0.3) is 0 Å². The van der Waals surface area contributed by atoms with Gasteiger partial charge >= 0.3 is 0 Å². The monoisotopic (exact) mass is 301 g/mol. The fourth-order valence-corrected chi connectivity index (χ4v) is 2.60. The van der Waals surface area contributed by atoms with Gasteiger partial charge in [-0.3, -0.25) is 0 Å². The highest BCUT2D eigenvalue weighted by atomic mass is 35.5. The SMILES string of the molecule is CO[C@H](C)c1noc(CN[C@H](C)c2ccc(Cl)s2)n1. The van der Waals surface area contributed by atoms with E-state index in [1.54, 1.807) is 18.4 Å². The van der Waals surface area contributed by atoms with Gasteiger partial charge in [0.2, 0.25) is 5.89 Å². The zero-order valence-corrected chi connectivity index (χ0v) is 12.6. The van der Waals surface area contributed by atoms with E-state index >= 15 is 0 Å². The van der Waals surface area contributed by atoms with E-state index in [4.69, 9.17) is 20.9 Å². The second-order valence-electron chi connectivity index (χ2n) is 4.17. The van der Waals surface area contributed by atoms with Gasteiger partial charge in [0.05, 0.1) is 10.9 Å². The zero-order valence-electron chi connectivity index (χ0n) is 11.0. The number of methoxy groups -OCH3 is 1. The van der Waals surface area contributed by atoms with Gasteiger partial charge in [-0.25, -0.2) is 0 Å². The Morgan fingerprint density at radius 3 is 2.89 bits per heavy atom. The highest BCUT2D eigenvalue weighted by molar-refractivity contribution is 7.16. The summed E-state index contributed by atoms with van der Waals surface area (Å²) in [6, 6.07) is 4.09. The summed E-state index contributed by atoms with van der Waals surface area (Å²) < 4.78 is 11.1. The maximum atomic E-state index is 5.91. The summed E-state index contributed by atoms with van der Waals surface area (Å²) in [6.07, 6.45) is -0.161. The minimum absolute atomic E-state index is 0.161. The molecule has 2 aromatic heterocycles. The van der Waals surface area contributed by atoms with Crippen LogP contribution in [-0.2, 0) is 11.3 Å². The first-order chi connectivity index (χ1) is 9.10. The lowest BCUT2D eigenvalue weighted by atomic mass is 10.3. The Morgan fingerprint density at radius 2 is 2.26 bits per heavy atom. The fourth-order valence-electron chi connectivity index (χ4n) is 1.51. The first kappa shape index (κ1) is 14.5. The standard InChI is InChI=1S/C12H16ClN3O2S/c1-7(9-4-5-10(13)19-9)14-6-11-15-12(16-18-11)8(2)17-3/h4-5,7-8,14H,6H2,1-3H3/t7-,8-/m1/s1. The Hall–Kier alpha value is -0.950. The molecule has 7 heteroatoms. The van der Waals surface area contributed by atoms with Gasteiger partial charge in [-0.1, -0.05) is 16.8 Å². The van der Waals surface area contributed by atoms with Crippen LogP contribution in [0.4, 0.5) is 0 Å². The highest BCUT2D eigenvalue weighted by Gasteiger charge is 2.14. The van der Waals surface area contributed by atoms with Crippen LogP contribution in [0, 0.1) is 0 Å². The molecule has 1 N–H and O–H groups in total. The summed E-state index contributed by atoms with van der Waals surface area (Å²) in [4.78, 5) is 5.44. The number of nitrogens with zero attached hydrogens (tertiary/aromatic N) is 2. The molecule has 0 spiro atoms. The second-order valence-corrected chi connectivity index (χ2v) is 5.92. The van der Waals surface area contributed by atoms with Crippen LogP contribution in [0.2, 0.25) is 4.34 Å². The summed E-state index contributed by atoms with van der Waals surface area (Å²) in [5.41, 5.74) is 0. The Morgan fingerprint density at radius 1 is 1.47 bits per heavy atom. The van der Waals surface area contributed by atoms with E-state index in [-0.39, 0.29) is 12.1 Å². The van der Waals surface area contributed by atoms with E-state index in [9.17, 15) is 0 Å². The lowest BCUT2D eigenvalue weighted by molar-refractivity contribution is 0.109. The zero-order chi connectivity index (χ0) is 13.8. The van der Waals surface area contributed by atoms with Crippen molar-refractivity contribution in [1.29, 1.82) is 0 Å². The lowest BCUT2D eigenvalue weighted by Gasteiger charge is -2.09. The fraction of sp³-hybridized carbons (Fsp3) is 0.500. The van der Waals surface area contributed by atoms with E-state index in [0.29, 0.717) is 18.3 Å². The van der Waals surface area contributed by atoms with Crippen molar-refractivity contribution in [2.75, 3.05) is 7.11 Å². The van der Waals surface area contributed by atoms with E-state index in [0.717, 1.165) is 4.34 Å². The molecule has 0 amide bonds. The first-order valence-corrected chi connectivity index (χ1v) is 7.13. The van der Waals surface area contributed by atoms with Gasteiger partial charge in [-0.05, 0) is 26.0 Å². The van der Waals surface area contributed by atoms with E-state index in [1.807, 2.05) is 19.1 Å². The molecule has 2 heterocycles. The molecule has 104 valence electrons. The Balaban J connectivity index is 1.90. The van der Waals surface area contributed by atoms with Gasteiger partial charge in [-0.15, -0.1) is 11.3 Å². The van der Waals surface area contributed by atoms with Crippen molar-refractivity contribution in [2.45, 2.75) is 32.5 Å². The van der Waals surface area contributed by atoms with Crippen LogP contribution >= 0.6 is 22.9 Å². The topological polar surface area (TPSA) is 60.2 Å². The van der Waals surface area contributed by atoms with E-state index < -0.39 is 0 Å². The predicted octanol–water partition coefficient (Wildman–Crippen LogP) is 3.34.